The minimum atomic E-state index is -0.505. The number of furan rings is 1. The number of ether oxygens (including phenoxy) is 1. The van der Waals surface area contributed by atoms with Gasteiger partial charge in [0.05, 0.1) is 34.0 Å². The Morgan fingerprint density at radius 1 is 1.07 bits per heavy atom. The lowest BCUT2D eigenvalue weighted by Gasteiger charge is -2.05. The number of amides is 1. The molecule has 1 heterocycles. The minimum absolute atomic E-state index is 0.251. The third-order valence-corrected chi connectivity index (χ3v) is 4.51. The molecule has 29 heavy (non-hydrogen) atoms. The Kier molecular flexibility index (Phi) is 6.69. The molecule has 0 fully saturated rings. The van der Waals surface area contributed by atoms with Crippen LogP contribution in [0.2, 0.25) is 10.0 Å². The van der Waals surface area contributed by atoms with E-state index in [1.54, 1.807) is 61.5 Å². The molecule has 1 N–H and O–H groups in total. The van der Waals surface area contributed by atoms with Crippen molar-refractivity contribution in [1.29, 1.82) is 0 Å². The van der Waals surface area contributed by atoms with E-state index < -0.39 is 11.9 Å². The Morgan fingerprint density at radius 3 is 2.59 bits per heavy atom. The standard InChI is InChI=1S/C21H16Cl2N2O4/c1-2-28-21(27)16-11-13(7-9-18(16)23)19-10-8-14(29-19)12-24-25-20(26)15-5-3-4-6-17(15)22/h3-12H,2H2,1H3,(H,25,26)/b24-12-. The van der Waals surface area contributed by atoms with Gasteiger partial charge in [-0.1, -0.05) is 35.3 Å². The lowest BCUT2D eigenvalue weighted by Crippen LogP contribution is -2.17. The summed E-state index contributed by atoms with van der Waals surface area (Å²) in [4.78, 5) is 24.1. The fourth-order valence-electron chi connectivity index (χ4n) is 2.48. The van der Waals surface area contributed by atoms with E-state index in [-0.39, 0.29) is 12.2 Å². The van der Waals surface area contributed by atoms with Crippen LogP contribution >= 0.6 is 23.2 Å². The number of carbonyl (C=O) groups is 2. The molecule has 8 heteroatoms. The summed E-state index contributed by atoms with van der Waals surface area (Å²) in [5.41, 5.74) is 3.61. The first kappa shape index (κ1) is 20.6. The zero-order chi connectivity index (χ0) is 20.8. The van der Waals surface area contributed by atoms with E-state index in [9.17, 15) is 9.59 Å². The van der Waals surface area contributed by atoms with Gasteiger partial charge in [0.1, 0.15) is 11.5 Å². The van der Waals surface area contributed by atoms with Gasteiger partial charge in [-0.2, -0.15) is 5.10 Å². The van der Waals surface area contributed by atoms with Gasteiger partial charge in [-0.15, -0.1) is 0 Å². The molecule has 0 saturated heterocycles. The Hall–Kier alpha value is -3.09. The van der Waals surface area contributed by atoms with Crippen molar-refractivity contribution in [2.24, 2.45) is 5.10 Å². The van der Waals surface area contributed by atoms with Crippen molar-refractivity contribution < 1.29 is 18.7 Å². The molecule has 3 rings (SSSR count). The summed E-state index contributed by atoms with van der Waals surface area (Å²) in [6.07, 6.45) is 1.36. The van der Waals surface area contributed by atoms with Crippen LogP contribution in [0.1, 0.15) is 33.4 Å². The summed E-state index contributed by atoms with van der Waals surface area (Å²) in [7, 11) is 0. The highest BCUT2D eigenvalue weighted by atomic mass is 35.5. The zero-order valence-corrected chi connectivity index (χ0v) is 16.8. The third-order valence-electron chi connectivity index (χ3n) is 3.85. The van der Waals surface area contributed by atoms with Crippen molar-refractivity contribution in [3.63, 3.8) is 0 Å². The largest absolute Gasteiger partial charge is 0.462 e. The summed E-state index contributed by atoms with van der Waals surface area (Å²) >= 11 is 12.1. The second-order valence-electron chi connectivity index (χ2n) is 5.80. The van der Waals surface area contributed by atoms with Crippen molar-refractivity contribution in [2.45, 2.75) is 6.92 Å². The SMILES string of the molecule is CCOC(=O)c1cc(-c2ccc(/C=N\NC(=O)c3ccccc3Cl)o2)ccc1Cl. The first-order valence-electron chi connectivity index (χ1n) is 8.64. The maximum atomic E-state index is 12.1. The molecule has 0 unspecified atom stereocenters. The third kappa shape index (κ3) is 5.04. The van der Waals surface area contributed by atoms with E-state index in [1.807, 2.05) is 0 Å². The molecule has 2 aromatic carbocycles. The minimum Gasteiger partial charge on any atom is -0.462 e. The highest BCUT2D eigenvalue weighted by Gasteiger charge is 2.14. The fourth-order valence-corrected chi connectivity index (χ4v) is 2.90. The number of rotatable bonds is 6. The molecule has 6 nitrogen and oxygen atoms in total. The van der Waals surface area contributed by atoms with E-state index in [4.69, 9.17) is 32.4 Å². The number of carbonyl (C=O) groups excluding carboxylic acids is 2. The lowest BCUT2D eigenvalue weighted by molar-refractivity contribution is 0.0526. The predicted octanol–water partition coefficient (Wildman–Crippen LogP) is 5.19. The Morgan fingerprint density at radius 2 is 1.83 bits per heavy atom. The zero-order valence-electron chi connectivity index (χ0n) is 15.3. The highest BCUT2D eigenvalue weighted by molar-refractivity contribution is 6.34. The Labute approximate surface area is 177 Å². The average molecular weight is 431 g/mol. The number of esters is 1. The number of hydrazone groups is 1. The van der Waals surface area contributed by atoms with Crippen molar-refractivity contribution in [3.8, 4) is 11.3 Å². The van der Waals surface area contributed by atoms with Gasteiger partial charge in [-0.3, -0.25) is 4.79 Å². The topological polar surface area (TPSA) is 80.9 Å². The molecule has 0 atom stereocenters. The second kappa shape index (κ2) is 9.41. The molecule has 148 valence electrons. The van der Waals surface area contributed by atoms with Crippen LogP contribution in [0.4, 0.5) is 0 Å². The summed E-state index contributed by atoms with van der Waals surface area (Å²) in [5, 5.41) is 4.51. The van der Waals surface area contributed by atoms with Gasteiger partial charge in [0.2, 0.25) is 0 Å². The number of hydrogen-bond acceptors (Lipinski definition) is 5. The van der Waals surface area contributed by atoms with Crippen molar-refractivity contribution in [3.05, 3.63) is 81.5 Å². The second-order valence-corrected chi connectivity index (χ2v) is 6.61. The summed E-state index contributed by atoms with van der Waals surface area (Å²) in [5.74, 6) is -0.0245. The van der Waals surface area contributed by atoms with Crippen LogP contribution in [0.3, 0.4) is 0 Å². The molecule has 0 aliphatic carbocycles. The molecule has 0 radical (unpaired) electrons. The first-order chi connectivity index (χ1) is 14.0. The van der Waals surface area contributed by atoms with Crippen LogP contribution in [-0.4, -0.2) is 24.7 Å². The smallest absolute Gasteiger partial charge is 0.339 e. The van der Waals surface area contributed by atoms with Gasteiger partial charge >= 0.3 is 5.97 Å². The van der Waals surface area contributed by atoms with E-state index in [1.165, 1.54) is 6.21 Å². The molecule has 1 amide bonds. The maximum absolute atomic E-state index is 12.1. The van der Waals surface area contributed by atoms with Gasteiger partial charge in [0, 0.05) is 5.56 Å². The summed E-state index contributed by atoms with van der Waals surface area (Å²) in [6, 6.07) is 15.0. The first-order valence-corrected chi connectivity index (χ1v) is 9.40. The fraction of sp³-hybridized carbons (Fsp3) is 0.0952. The van der Waals surface area contributed by atoms with Crippen LogP contribution in [0.5, 0.6) is 0 Å². The van der Waals surface area contributed by atoms with Crippen LogP contribution in [0.25, 0.3) is 11.3 Å². The molecule has 0 bridgehead atoms. The van der Waals surface area contributed by atoms with E-state index in [2.05, 4.69) is 10.5 Å². The number of nitrogens with one attached hydrogen (secondary N) is 1. The number of halogens is 2. The number of hydrogen-bond donors (Lipinski definition) is 1. The Bertz CT molecular complexity index is 1080. The van der Waals surface area contributed by atoms with Gasteiger partial charge in [-0.05, 0) is 49.4 Å². The Balaban J connectivity index is 1.72. The normalized spacial score (nSPS) is 10.9. The maximum Gasteiger partial charge on any atom is 0.339 e. The monoisotopic (exact) mass is 430 g/mol. The van der Waals surface area contributed by atoms with Crippen LogP contribution < -0.4 is 5.43 Å². The molecule has 3 aromatic rings. The van der Waals surface area contributed by atoms with Crippen molar-refractivity contribution >= 4 is 41.3 Å². The van der Waals surface area contributed by atoms with Gasteiger partial charge < -0.3 is 9.15 Å². The van der Waals surface area contributed by atoms with E-state index in [0.29, 0.717) is 32.7 Å². The molecule has 0 aliphatic heterocycles. The highest BCUT2D eigenvalue weighted by Crippen LogP contribution is 2.27. The summed E-state index contributed by atoms with van der Waals surface area (Å²) < 4.78 is 10.7. The van der Waals surface area contributed by atoms with Crippen LogP contribution in [0, 0.1) is 0 Å². The predicted molar refractivity (Wildman–Crippen MR) is 112 cm³/mol. The van der Waals surface area contributed by atoms with E-state index in [0.717, 1.165) is 0 Å². The molecule has 0 aliphatic rings. The van der Waals surface area contributed by atoms with Crippen molar-refractivity contribution in [1.82, 2.24) is 5.43 Å². The number of nitrogens with zero attached hydrogens (tertiary/aromatic N) is 1. The lowest BCUT2D eigenvalue weighted by atomic mass is 10.1. The average Bonchev–Trinajstić information content (AvgIpc) is 3.17. The molecular weight excluding hydrogens is 415 g/mol. The number of benzene rings is 2. The summed E-state index contributed by atoms with van der Waals surface area (Å²) in [6.45, 7) is 1.97. The van der Waals surface area contributed by atoms with E-state index >= 15 is 0 Å². The van der Waals surface area contributed by atoms with Crippen LogP contribution in [-0.2, 0) is 4.74 Å². The molecule has 0 spiro atoms. The molecule has 0 saturated carbocycles. The van der Waals surface area contributed by atoms with Crippen LogP contribution in [0.15, 0.2) is 64.1 Å². The van der Waals surface area contributed by atoms with Gasteiger partial charge in [-0.25, -0.2) is 10.2 Å². The molecular formula is C21H16Cl2N2O4. The van der Waals surface area contributed by atoms with Gasteiger partial charge in [0.25, 0.3) is 5.91 Å². The quantitative estimate of drug-likeness (QED) is 0.331. The molecule has 1 aromatic heterocycles. The van der Waals surface area contributed by atoms with Gasteiger partial charge in [0.15, 0.2) is 0 Å². The van der Waals surface area contributed by atoms with Crippen molar-refractivity contribution in [2.75, 3.05) is 6.61 Å².